The van der Waals surface area contributed by atoms with E-state index in [1.807, 2.05) is 0 Å². The summed E-state index contributed by atoms with van der Waals surface area (Å²) < 4.78 is 5.97. The van der Waals surface area contributed by atoms with Gasteiger partial charge in [0.2, 0.25) is 0 Å². The maximum Gasteiger partial charge on any atom is 0.311 e. The molecule has 5 nitrogen and oxygen atoms in total. The minimum absolute atomic E-state index is 0.0664. The maximum atomic E-state index is 12.1. The Morgan fingerprint density at radius 3 is 2.62 bits per heavy atom. The van der Waals surface area contributed by atoms with Crippen molar-refractivity contribution in [2.45, 2.75) is 12.8 Å². The van der Waals surface area contributed by atoms with Crippen molar-refractivity contribution >= 4 is 39.4 Å². The largest absolute Gasteiger partial charge is 0.481 e. The molecule has 1 aromatic rings. The van der Waals surface area contributed by atoms with Crippen LogP contribution >= 0.6 is 27.5 Å². The number of aliphatic carboxylic acids is 1. The molecule has 2 rings (SSSR count). The summed E-state index contributed by atoms with van der Waals surface area (Å²) in [6, 6.07) is 4.93. The van der Waals surface area contributed by atoms with Crippen molar-refractivity contribution in [3.8, 4) is 0 Å². The number of amides is 1. The summed E-state index contributed by atoms with van der Waals surface area (Å²) in [6.07, 6.45) is 0.771. The topological polar surface area (TPSA) is 75.6 Å². The summed E-state index contributed by atoms with van der Waals surface area (Å²) in [6.45, 7) is 0.847. The Morgan fingerprint density at radius 1 is 1.38 bits per heavy atom. The highest BCUT2D eigenvalue weighted by molar-refractivity contribution is 9.10. The van der Waals surface area contributed by atoms with E-state index in [1.165, 1.54) is 0 Å². The van der Waals surface area contributed by atoms with Crippen molar-refractivity contribution in [2.24, 2.45) is 5.41 Å². The molecule has 1 amide bonds. The lowest BCUT2D eigenvalue weighted by molar-refractivity contribution is -0.154. The molecule has 1 heterocycles. The SMILES string of the molecule is O=C(NCC1(C(=O)O)CCOCC1)c1ccc(Br)cc1Cl. The average Bonchev–Trinajstić information content (AvgIpc) is 2.45. The second-order valence-electron chi connectivity index (χ2n) is 5.00. The van der Waals surface area contributed by atoms with E-state index in [9.17, 15) is 14.7 Å². The number of hydrogen-bond donors (Lipinski definition) is 2. The number of ether oxygens (including phenoxy) is 1. The average molecular weight is 377 g/mol. The summed E-state index contributed by atoms with van der Waals surface area (Å²) in [7, 11) is 0. The van der Waals surface area contributed by atoms with Crippen LogP contribution in [0.25, 0.3) is 0 Å². The van der Waals surface area contributed by atoms with Crippen molar-refractivity contribution < 1.29 is 19.4 Å². The molecule has 0 unspecified atom stereocenters. The van der Waals surface area contributed by atoms with E-state index in [0.717, 1.165) is 4.47 Å². The predicted molar refractivity (Wildman–Crippen MR) is 81.6 cm³/mol. The number of carbonyl (C=O) groups is 2. The van der Waals surface area contributed by atoms with Crippen LogP contribution in [0.4, 0.5) is 0 Å². The maximum absolute atomic E-state index is 12.1. The zero-order chi connectivity index (χ0) is 15.5. The summed E-state index contributed by atoms with van der Waals surface area (Å²) in [5, 5.41) is 12.4. The van der Waals surface area contributed by atoms with Crippen LogP contribution in [0.15, 0.2) is 22.7 Å². The molecular weight excluding hydrogens is 362 g/mol. The lowest BCUT2D eigenvalue weighted by atomic mass is 9.80. The first-order valence-electron chi connectivity index (χ1n) is 6.49. The minimum atomic E-state index is -0.963. The first kappa shape index (κ1) is 16.3. The molecule has 1 aliphatic heterocycles. The van der Waals surface area contributed by atoms with Crippen LogP contribution in [0.2, 0.25) is 5.02 Å². The summed E-state index contributed by atoms with van der Waals surface area (Å²) in [5.41, 5.74) is -0.636. The van der Waals surface area contributed by atoms with Crippen LogP contribution in [0.5, 0.6) is 0 Å². The van der Waals surface area contributed by atoms with E-state index in [4.69, 9.17) is 16.3 Å². The second-order valence-corrected chi connectivity index (χ2v) is 6.33. The van der Waals surface area contributed by atoms with Crippen LogP contribution in [-0.4, -0.2) is 36.7 Å². The third-order valence-corrected chi connectivity index (χ3v) is 4.47. The smallest absolute Gasteiger partial charge is 0.311 e. The molecule has 0 spiro atoms. The molecular formula is C14H15BrClNO4. The number of carbonyl (C=O) groups excluding carboxylic acids is 1. The zero-order valence-corrected chi connectivity index (χ0v) is 13.5. The molecule has 0 aromatic heterocycles. The van der Waals surface area contributed by atoms with Crippen molar-refractivity contribution in [3.63, 3.8) is 0 Å². The van der Waals surface area contributed by atoms with Gasteiger partial charge in [-0.05, 0) is 31.0 Å². The van der Waals surface area contributed by atoms with Gasteiger partial charge in [-0.1, -0.05) is 27.5 Å². The molecule has 114 valence electrons. The third kappa shape index (κ3) is 3.75. The quantitative estimate of drug-likeness (QED) is 0.847. The van der Waals surface area contributed by atoms with Crippen molar-refractivity contribution in [1.82, 2.24) is 5.32 Å². The van der Waals surface area contributed by atoms with Gasteiger partial charge in [0.1, 0.15) is 0 Å². The van der Waals surface area contributed by atoms with Crippen LogP contribution in [-0.2, 0) is 9.53 Å². The number of benzene rings is 1. The Bertz CT molecular complexity index is 558. The van der Waals surface area contributed by atoms with Crippen molar-refractivity contribution in [1.29, 1.82) is 0 Å². The standard InChI is InChI=1S/C14H15BrClNO4/c15-9-1-2-10(11(16)7-9)12(18)17-8-14(13(19)20)3-5-21-6-4-14/h1-2,7H,3-6,8H2,(H,17,18)(H,19,20). The molecule has 1 aromatic carbocycles. The van der Waals surface area contributed by atoms with E-state index < -0.39 is 11.4 Å². The van der Waals surface area contributed by atoms with Gasteiger partial charge in [0.15, 0.2) is 0 Å². The van der Waals surface area contributed by atoms with Gasteiger partial charge in [0.25, 0.3) is 5.91 Å². The highest BCUT2D eigenvalue weighted by Crippen LogP contribution is 2.30. The summed E-state index contributed by atoms with van der Waals surface area (Å²) in [5.74, 6) is -1.28. The van der Waals surface area contributed by atoms with Gasteiger partial charge in [-0.3, -0.25) is 9.59 Å². The van der Waals surface area contributed by atoms with E-state index >= 15 is 0 Å². The molecule has 1 saturated heterocycles. The Balaban J connectivity index is 2.07. The van der Waals surface area contributed by atoms with E-state index in [-0.39, 0.29) is 12.5 Å². The van der Waals surface area contributed by atoms with Gasteiger partial charge in [0, 0.05) is 24.2 Å². The Hall–Kier alpha value is -1.11. The molecule has 21 heavy (non-hydrogen) atoms. The van der Waals surface area contributed by atoms with E-state index in [1.54, 1.807) is 18.2 Å². The van der Waals surface area contributed by atoms with E-state index in [0.29, 0.717) is 36.6 Å². The molecule has 7 heteroatoms. The van der Waals surface area contributed by atoms with Gasteiger partial charge in [0.05, 0.1) is 16.0 Å². The first-order chi connectivity index (χ1) is 9.94. The molecule has 2 N–H and O–H groups in total. The zero-order valence-electron chi connectivity index (χ0n) is 11.2. The van der Waals surface area contributed by atoms with Crippen LogP contribution in [0, 0.1) is 5.41 Å². The number of rotatable bonds is 4. The van der Waals surface area contributed by atoms with Crippen LogP contribution < -0.4 is 5.32 Å². The Kier molecular flexibility index (Phi) is 5.24. The van der Waals surface area contributed by atoms with Gasteiger partial charge in [-0.25, -0.2) is 0 Å². The predicted octanol–water partition coefficient (Wildman–Crippen LogP) is 2.71. The number of hydrogen-bond acceptors (Lipinski definition) is 3. The lowest BCUT2D eigenvalue weighted by Crippen LogP contribution is -2.46. The first-order valence-corrected chi connectivity index (χ1v) is 7.66. The highest BCUT2D eigenvalue weighted by Gasteiger charge is 2.40. The molecule has 0 radical (unpaired) electrons. The van der Waals surface area contributed by atoms with E-state index in [2.05, 4.69) is 21.2 Å². The van der Waals surface area contributed by atoms with Crippen LogP contribution in [0.3, 0.4) is 0 Å². The van der Waals surface area contributed by atoms with Gasteiger partial charge >= 0.3 is 5.97 Å². The molecule has 0 bridgehead atoms. The van der Waals surface area contributed by atoms with Crippen molar-refractivity contribution in [3.05, 3.63) is 33.3 Å². The van der Waals surface area contributed by atoms with Gasteiger partial charge in [-0.15, -0.1) is 0 Å². The van der Waals surface area contributed by atoms with Crippen molar-refractivity contribution in [2.75, 3.05) is 19.8 Å². The Morgan fingerprint density at radius 2 is 2.05 bits per heavy atom. The van der Waals surface area contributed by atoms with Gasteiger partial charge in [-0.2, -0.15) is 0 Å². The fourth-order valence-corrected chi connectivity index (χ4v) is 3.01. The fraction of sp³-hybridized carbons (Fsp3) is 0.429. The minimum Gasteiger partial charge on any atom is -0.481 e. The lowest BCUT2D eigenvalue weighted by Gasteiger charge is -2.33. The number of carboxylic acids is 1. The monoisotopic (exact) mass is 375 g/mol. The number of carboxylic acid groups (broad SMARTS) is 1. The normalized spacial score (nSPS) is 17.2. The Labute approximate surface area is 135 Å². The van der Waals surface area contributed by atoms with Gasteiger partial charge < -0.3 is 15.2 Å². The number of nitrogens with one attached hydrogen (secondary N) is 1. The molecule has 0 atom stereocenters. The number of halogens is 2. The molecule has 0 saturated carbocycles. The third-order valence-electron chi connectivity index (χ3n) is 3.67. The molecule has 1 aliphatic rings. The fourth-order valence-electron chi connectivity index (χ4n) is 2.25. The summed E-state index contributed by atoms with van der Waals surface area (Å²) >= 11 is 9.28. The molecule has 1 fully saturated rings. The second kappa shape index (κ2) is 6.77. The summed E-state index contributed by atoms with van der Waals surface area (Å²) in [4.78, 5) is 23.6. The van der Waals surface area contributed by atoms with Crippen LogP contribution in [0.1, 0.15) is 23.2 Å². The molecule has 0 aliphatic carbocycles. The highest BCUT2D eigenvalue weighted by atomic mass is 79.9.